The summed E-state index contributed by atoms with van der Waals surface area (Å²) in [6.07, 6.45) is 0.742. The van der Waals surface area contributed by atoms with Gasteiger partial charge in [-0.3, -0.25) is 4.79 Å². The van der Waals surface area contributed by atoms with Crippen molar-refractivity contribution in [3.05, 3.63) is 33.3 Å². The first kappa shape index (κ1) is 18.2. The van der Waals surface area contributed by atoms with Gasteiger partial charge in [-0.1, -0.05) is 36.2 Å². The summed E-state index contributed by atoms with van der Waals surface area (Å²) in [6, 6.07) is 3.52. The Kier molecular flexibility index (Phi) is 5.83. The summed E-state index contributed by atoms with van der Waals surface area (Å²) in [5.41, 5.74) is 1.28. The van der Waals surface area contributed by atoms with E-state index in [1.165, 1.54) is 0 Å². The molecule has 1 unspecified atom stereocenters. The topological polar surface area (TPSA) is 44.8 Å². The van der Waals surface area contributed by atoms with Crippen molar-refractivity contribution < 1.29 is 19.0 Å². The molecule has 3 rings (SSSR count). The van der Waals surface area contributed by atoms with Crippen molar-refractivity contribution in [2.24, 2.45) is 11.8 Å². The van der Waals surface area contributed by atoms with Gasteiger partial charge < -0.3 is 14.2 Å². The fourth-order valence-electron chi connectivity index (χ4n) is 3.09. The molecule has 24 heavy (non-hydrogen) atoms. The lowest BCUT2D eigenvalue weighted by atomic mass is 9.93. The molecule has 0 radical (unpaired) electrons. The highest BCUT2D eigenvalue weighted by molar-refractivity contribution is 6.44. The van der Waals surface area contributed by atoms with Gasteiger partial charge in [0, 0.05) is 17.4 Å². The van der Waals surface area contributed by atoms with Gasteiger partial charge in [-0.25, -0.2) is 0 Å². The highest BCUT2D eigenvalue weighted by atomic mass is 35.5. The molecular weight excluding hydrogens is 351 g/mol. The number of hydrogen-bond acceptors (Lipinski definition) is 4. The molecule has 2 fully saturated rings. The predicted octanol–water partition coefficient (Wildman–Crippen LogP) is 4.29. The number of Topliss-reactive ketones (excluding diaryl/α,β-unsaturated/α-hetero) is 1. The standard InChI is InChI=1S/C18H22Cl2O4/c1-10-7-23-18(24-8-10)12-4-6-14(22-9-12)17(21)13-5-3-11(2)15(19)16(13)20/h3,5,10,12,14,18H,4,6-9H2,1-2H3/t10?,12?,14-,18?/m0/s1. The van der Waals surface area contributed by atoms with E-state index in [4.69, 9.17) is 37.4 Å². The molecule has 2 heterocycles. The van der Waals surface area contributed by atoms with E-state index in [0.717, 1.165) is 12.0 Å². The van der Waals surface area contributed by atoms with Crippen molar-refractivity contribution in [2.75, 3.05) is 19.8 Å². The molecule has 6 heteroatoms. The van der Waals surface area contributed by atoms with Gasteiger partial charge >= 0.3 is 0 Å². The third-order valence-electron chi connectivity index (χ3n) is 4.62. The zero-order valence-electron chi connectivity index (χ0n) is 13.9. The predicted molar refractivity (Wildman–Crippen MR) is 92.8 cm³/mol. The number of carbonyl (C=O) groups excluding carboxylic acids is 1. The lowest BCUT2D eigenvalue weighted by Gasteiger charge is -2.36. The van der Waals surface area contributed by atoms with Gasteiger partial charge in [-0.05, 0) is 31.4 Å². The van der Waals surface area contributed by atoms with E-state index >= 15 is 0 Å². The summed E-state index contributed by atoms with van der Waals surface area (Å²) >= 11 is 12.4. The molecular formula is C18H22Cl2O4. The fourth-order valence-corrected chi connectivity index (χ4v) is 3.56. The average Bonchev–Trinajstić information content (AvgIpc) is 2.60. The van der Waals surface area contributed by atoms with Gasteiger partial charge in [0.1, 0.15) is 6.10 Å². The number of aryl methyl sites for hydroxylation is 1. The molecule has 0 saturated carbocycles. The summed E-state index contributed by atoms with van der Waals surface area (Å²) in [6.45, 7) is 5.82. The van der Waals surface area contributed by atoms with Gasteiger partial charge in [0.15, 0.2) is 12.1 Å². The molecule has 1 aromatic carbocycles. The second-order valence-corrected chi connectivity index (χ2v) is 7.48. The van der Waals surface area contributed by atoms with E-state index in [1.807, 2.05) is 6.92 Å². The van der Waals surface area contributed by atoms with Crippen molar-refractivity contribution in [3.63, 3.8) is 0 Å². The highest BCUT2D eigenvalue weighted by Gasteiger charge is 2.35. The van der Waals surface area contributed by atoms with Crippen LogP contribution >= 0.6 is 23.2 Å². The summed E-state index contributed by atoms with van der Waals surface area (Å²) in [7, 11) is 0. The average molecular weight is 373 g/mol. The number of benzene rings is 1. The second-order valence-electron chi connectivity index (χ2n) is 6.72. The van der Waals surface area contributed by atoms with Crippen LogP contribution in [0.2, 0.25) is 10.0 Å². The van der Waals surface area contributed by atoms with Gasteiger partial charge in [0.05, 0.1) is 29.9 Å². The first-order valence-corrected chi connectivity index (χ1v) is 9.06. The van der Waals surface area contributed by atoms with Crippen LogP contribution in [0.5, 0.6) is 0 Å². The van der Waals surface area contributed by atoms with Crippen molar-refractivity contribution in [1.82, 2.24) is 0 Å². The van der Waals surface area contributed by atoms with Crippen molar-refractivity contribution >= 4 is 29.0 Å². The molecule has 0 bridgehead atoms. The quantitative estimate of drug-likeness (QED) is 0.742. The van der Waals surface area contributed by atoms with Crippen LogP contribution in [0.4, 0.5) is 0 Å². The minimum absolute atomic E-state index is 0.112. The molecule has 1 aromatic rings. The van der Waals surface area contributed by atoms with Crippen LogP contribution in [-0.4, -0.2) is 38.0 Å². The van der Waals surface area contributed by atoms with E-state index in [-0.39, 0.29) is 18.0 Å². The number of ketones is 1. The molecule has 0 spiro atoms. The molecule has 132 valence electrons. The lowest BCUT2D eigenvalue weighted by molar-refractivity contribution is -0.236. The maximum Gasteiger partial charge on any atom is 0.193 e. The van der Waals surface area contributed by atoms with Crippen LogP contribution < -0.4 is 0 Å². The summed E-state index contributed by atoms with van der Waals surface area (Å²) in [4.78, 5) is 12.7. The third kappa shape index (κ3) is 3.78. The third-order valence-corrected chi connectivity index (χ3v) is 5.60. The molecule has 0 aliphatic carbocycles. The van der Waals surface area contributed by atoms with E-state index in [1.54, 1.807) is 12.1 Å². The Labute approximate surface area is 152 Å². The first-order chi connectivity index (χ1) is 11.5. The Hall–Kier alpha value is -0.650. The molecule has 2 atom stereocenters. The minimum atomic E-state index is -0.486. The van der Waals surface area contributed by atoms with E-state index in [2.05, 4.69) is 6.92 Å². The molecule has 2 saturated heterocycles. The Bertz CT molecular complexity index is 603. The Balaban J connectivity index is 1.60. The van der Waals surface area contributed by atoms with Crippen LogP contribution in [0.3, 0.4) is 0 Å². The van der Waals surface area contributed by atoms with Gasteiger partial charge in [-0.15, -0.1) is 0 Å². The number of halogens is 2. The zero-order chi connectivity index (χ0) is 17.3. The van der Waals surface area contributed by atoms with Crippen LogP contribution in [0.25, 0.3) is 0 Å². The highest BCUT2D eigenvalue weighted by Crippen LogP contribution is 2.33. The van der Waals surface area contributed by atoms with Crippen molar-refractivity contribution in [2.45, 2.75) is 39.1 Å². The molecule has 0 aromatic heterocycles. The smallest absolute Gasteiger partial charge is 0.193 e. The maximum atomic E-state index is 12.7. The van der Waals surface area contributed by atoms with E-state index in [0.29, 0.717) is 47.8 Å². The Morgan fingerprint density at radius 3 is 2.38 bits per heavy atom. The molecule has 4 nitrogen and oxygen atoms in total. The van der Waals surface area contributed by atoms with Crippen LogP contribution in [0.1, 0.15) is 35.7 Å². The first-order valence-electron chi connectivity index (χ1n) is 8.31. The van der Waals surface area contributed by atoms with E-state index in [9.17, 15) is 4.79 Å². The molecule has 0 N–H and O–H groups in total. The summed E-state index contributed by atoms with van der Waals surface area (Å²) < 4.78 is 17.3. The molecule has 2 aliphatic heterocycles. The van der Waals surface area contributed by atoms with Crippen LogP contribution in [0, 0.1) is 18.8 Å². The van der Waals surface area contributed by atoms with Crippen molar-refractivity contribution in [1.29, 1.82) is 0 Å². The SMILES string of the molecule is Cc1ccc(C(=O)[C@@H]2CCC(C3OCC(C)CO3)CO2)c(Cl)c1Cl. The normalized spacial score (nSPS) is 31.0. The van der Waals surface area contributed by atoms with Gasteiger partial charge in [-0.2, -0.15) is 0 Å². The fraction of sp³-hybridized carbons (Fsp3) is 0.611. The largest absolute Gasteiger partial charge is 0.370 e. The Morgan fingerprint density at radius 2 is 1.75 bits per heavy atom. The minimum Gasteiger partial charge on any atom is -0.370 e. The monoisotopic (exact) mass is 372 g/mol. The van der Waals surface area contributed by atoms with Crippen LogP contribution in [-0.2, 0) is 14.2 Å². The van der Waals surface area contributed by atoms with Gasteiger partial charge in [0.2, 0.25) is 0 Å². The molecule has 2 aliphatic rings. The summed E-state index contributed by atoms with van der Waals surface area (Å²) in [5.74, 6) is 0.478. The van der Waals surface area contributed by atoms with E-state index < -0.39 is 6.10 Å². The number of ether oxygens (including phenoxy) is 3. The van der Waals surface area contributed by atoms with Gasteiger partial charge in [0.25, 0.3) is 0 Å². The number of rotatable bonds is 3. The van der Waals surface area contributed by atoms with Crippen LogP contribution in [0.15, 0.2) is 12.1 Å². The number of carbonyl (C=O) groups is 1. The number of hydrogen-bond donors (Lipinski definition) is 0. The lowest BCUT2D eigenvalue weighted by Crippen LogP contribution is -2.42. The summed E-state index contributed by atoms with van der Waals surface area (Å²) in [5, 5.41) is 0.731. The molecule has 0 amide bonds. The maximum absolute atomic E-state index is 12.7. The second kappa shape index (κ2) is 7.71. The Morgan fingerprint density at radius 1 is 1.04 bits per heavy atom. The zero-order valence-corrected chi connectivity index (χ0v) is 15.4. The van der Waals surface area contributed by atoms with Crippen molar-refractivity contribution in [3.8, 4) is 0 Å².